The first-order chi connectivity index (χ1) is 16.6. The number of amides is 3. The lowest BCUT2D eigenvalue weighted by molar-refractivity contribution is -0.137. The molecule has 2 aromatic carbocycles. The van der Waals surface area contributed by atoms with Gasteiger partial charge in [0.2, 0.25) is 11.8 Å². The van der Waals surface area contributed by atoms with Gasteiger partial charge in [-0.2, -0.15) is 18.3 Å². The number of aromatic nitrogens is 2. The number of alkyl halides is 3. The number of hydrazine groups is 1. The minimum absolute atomic E-state index is 0.0231. The van der Waals surface area contributed by atoms with Crippen molar-refractivity contribution in [2.75, 3.05) is 6.54 Å². The predicted molar refractivity (Wildman–Crippen MR) is 116 cm³/mol. The number of benzene rings is 2. The van der Waals surface area contributed by atoms with E-state index in [4.69, 9.17) is 0 Å². The number of carbonyl (C=O) groups is 3. The van der Waals surface area contributed by atoms with Gasteiger partial charge in [-0.25, -0.2) is 4.68 Å². The summed E-state index contributed by atoms with van der Waals surface area (Å²) in [4.78, 5) is 38.5. The van der Waals surface area contributed by atoms with E-state index in [1.807, 2.05) is 0 Å². The van der Waals surface area contributed by atoms with Crippen molar-refractivity contribution in [3.8, 4) is 11.4 Å². The van der Waals surface area contributed by atoms with Crippen LogP contribution in [-0.4, -0.2) is 44.1 Å². The zero-order valence-electron chi connectivity index (χ0n) is 18.1. The average Bonchev–Trinajstić information content (AvgIpc) is 3.40. The maximum absolute atomic E-state index is 12.9. The van der Waals surface area contributed by atoms with Gasteiger partial charge < -0.3 is 10.0 Å². The second-order valence-corrected chi connectivity index (χ2v) is 7.96. The lowest BCUT2D eigenvalue weighted by Crippen LogP contribution is -2.45. The molecule has 1 atom stereocenters. The van der Waals surface area contributed by atoms with E-state index in [0.29, 0.717) is 5.69 Å². The molecule has 0 aliphatic carbocycles. The number of hydrogen-bond acceptors (Lipinski definition) is 5. The van der Waals surface area contributed by atoms with E-state index in [-0.39, 0.29) is 30.8 Å². The van der Waals surface area contributed by atoms with Gasteiger partial charge in [0.25, 0.3) is 5.91 Å². The van der Waals surface area contributed by atoms with Crippen molar-refractivity contribution >= 4 is 17.7 Å². The normalized spacial score (nSPS) is 15.8. The third-order valence-electron chi connectivity index (χ3n) is 5.44. The molecule has 0 saturated carbocycles. The van der Waals surface area contributed by atoms with Crippen LogP contribution in [0.1, 0.15) is 28.0 Å². The first-order valence-corrected chi connectivity index (χ1v) is 10.5. The van der Waals surface area contributed by atoms with Crippen LogP contribution in [0.3, 0.4) is 0 Å². The lowest BCUT2D eigenvalue weighted by atomic mass is 10.1. The summed E-state index contributed by atoms with van der Waals surface area (Å²) in [5.41, 5.74) is 4.11. The zero-order chi connectivity index (χ0) is 25.2. The smallest absolute Gasteiger partial charge is 0.416 e. The Morgan fingerprint density at radius 1 is 1.09 bits per heavy atom. The Kier molecular flexibility index (Phi) is 6.45. The van der Waals surface area contributed by atoms with Crippen LogP contribution < -0.4 is 10.9 Å². The van der Waals surface area contributed by atoms with Gasteiger partial charge in [-0.15, -0.1) is 0 Å². The highest BCUT2D eigenvalue weighted by Crippen LogP contribution is 2.30. The standard InChI is InChI=1S/C23H20F3N5O4/c24-23(25,26)16-6-4-5-14(9-16)11-30-12-15(10-19(30)33)21(34)27-28-22(35)20-18(32)13-31(29-20)17-7-2-1-3-8-17/h1-9,13,15,32H,10-12H2,(H,27,34)(H,28,35). The quantitative estimate of drug-likeness (QED) is 0.478. The molecule has 1 unspecified atom stereocenters. The van der Waals surface area contributed by atoms with Crippen molar-refractivity contribution in [1.82, 2.24) is 25.5 Å². The van der Waals surface area contributed by atoms with E-state index in [0.717, 1.165) is 12.1 Å². The lowest BCUT2D eigenvalue weighted by Gasteiger charge is -2.17. The average molecular weight is 487 g/mol. The van der Waals surface area contributed by atoms with Crippen molar-refractivity contribution in [3.63, 3.8) is 0 Å². The van der Waals surface area contributed by atoms with Crippen LogP contribution in [0.4, 0.5) is 13.2 Å². The third kappa shape index (κ3) is 5.42. The Morgan fingerprint density at radius 2 is 1.83 bits per heavy atom. The first kappa shape index (κ1) is 23.8. The van der Waals surface area contributed by atoms with Crippen LogP contribution >= 0.6 is 0 Å². The SMILES string of the molecule is O=C(NNC(=O)C1CC(=O)N(Cc2cccc(C(F)(F)F)c2)C1)c1nn(-c2ccccc2)cc1O. The highest BCUT2D eigenvalue weighted by molar-refractivity contribution is 5.96. The summed E-state index contributed by atoms with van der Waals surface area (Å²) in [6.45, 7) is -0.103. The summed E-state index contributed by atoms with van der Waals surface area (Å²) in [5.74, 6) is -3.13. The second kappa shape index (κ2) is 9.49. The molecule has 1 aromatic heterocycles. The molecule has 0 radical (unpaired) electrons. The molecule has 35 heavy (non-hydrogen) atoms. The van der Waals surface area contributed by atoms with E-state index >= 15 is 0 Å². The monoisotopic (exact) mass is 487 g/mol. The van der Waals surface area contributed by atoms with Crippen LogP contribution in [-0.2, 0) is 22.3 Å². The van der Waals surface area contributed by atoms with Crippen molar-refractivity contribution < 1.29 is 32.7 Å². The van der Waals surface area contributed by atoms with Gasteiger partial charge in [0.1, 0.15) is 0 Å². The van der Waals surface area contributed by atoms with Gasteiger partial charge in [0.05, 0.1) is 23.4 Å². The third-order valence-corrected chi connectivity index (χ3v) is 5.44. The first-order valence-electron chi connectivity index (χ1n) is 10.5. The van der Waals surface area contributed by atoms with Crippen LogP contribution in [0.5, 0.6) is 5.75 Å². The van der Waals surface area contributed by atoms with Crippen LogP contribution in [0.15, 0.2) is 60.8 Å². The number of para-hydroxylation sites is 1. The van der Waals surface area contributed by atoms with Crippen LogP contribution in [0.2, 0.25) is 0 Å². The summed E-state index contributed by atoms with van der Waals surface area (Å²) < 4.78 is 40.1. The molecule has 0 bridgehead atoms. The molecule has 2 heterocycles. The van der Waals surface area contributed by atoms with Gasteiger partial charge in [-0.1, -0.05) is 30.3 Å². The largest absolute Gasteiger partial charge is 0.504 e. The predicted octanol–water partition coefficient (Wildman–Crippen LogP) is 2.41. The summed E-state index contributed by atoms with van der Waals surface area (Å²) in [6, 6.07) is 13.4. The zero-order valence-corrected chi connectivity index (χ0v) is 18.1. The Hall–Kier alpha value is -4.35. The molecule has 4 rings (SSSR count). The van der Waals surface area contributed by atoms with Crippen molar-refractivity contribution in [3.05, 3.63) is 77.6 Å². The molecule has 1 saturated heterocycles. The van der Waals surface area contributed by atoms with Crippen molar-refractivity contribution in [2.45, 2.75) is 19.1 Å². The van der Waals surface area contributed by atoms with E-state index in [2.05, 4.69) is 16.0 Å². The van der Waals surface area contributed by atoms with E-state index in [1.54, 1.807) is 30.3 Å². The van der Waals surface area contributed by atoms with Gasteiger partial charge >= 0.3 is 6.18 Å². The van der Waals surface area contributed by atoms with Gasteiger partial charge in [0, 0.05) is 19.5 Å². The Balaban J connectivity index is 1.34. The molecular weight excluding hydrogens is 467 g/mol. The number of likely N-dealkylation sites (tertiary alicyclic amines) is 1. The van der Waals surface area contributed by atoms with Gasteiger partial charge in [0.15, 0.2) is 11.4 Å². The number of halogens is 3. The number of hydrogen-bond donors (Lipinski definition) is 3. The molecule has 12 heteroatoms. The fourth-order valence-electron chi connectivity index (χ4n) is 3.69. The number of nitrogens with one attached hydrogen (secondary N) is 2. The second-order valence-electron chi connectivity index (χ2n) is 7.96. The number of carbonyl (C=O) groups excluding carboxylic acids is 3. The topological polar surface area (TPSA) is 117 Å². The molecule has 3 N–H and O–H groups in total. The maximum Gasteiger partial charge on any atom is 0.416 e. The van der Waals surface area contributed by atoms with Crippen molar-refractivity contribution in [2.24, 2.45) is 5.92 Å². The maximum atomic E-state index is 12.9. The minimum atomic E-state index is -4.50. The van der Waals surface area contributed by atoms with E-state index < -0.39 is 41.1 Å². The Labute approximate surface area is 197 Å². The number of rotatable bonds is 5. The van der Waals surface area contributed by atoms with Gasteiger partial charge in [-0.3, -0.25) is 25.2 Å². The number of aromatic hydroxyl groups is 1. The summed E-state index contributed by atoms with van der Waals surface area (Å²) >= 11 is 0. The highest BCUT2D eigenvalue weighted by atomic mass is 19.4. The Bertz CT molecular complexity index is 1260. The molecule has 3 amide bonds. The minimum Gasteiger partial charge on any atom is -0.504 e. The van der Waals surface area contributed by atoms with Gasteiger partial charge in [-0.05, 0) is 29.8 Å². The summed E-state index contributed by atoms with van der Waals surface area (Å²) in [7, 11) is 0. The Morgan fingerprint density at radius 3 is 2.54 bits per heavy atom. The highest BCUT2D eigenvalue weighted by Gasteiger charge is 2.35. The molecular formula is C23H20F3N5O4. The van der Waals surface area contributed by atoms with E-state index in [9.17, 15) is 32.7 Å². The fourth-order valence-corrected chi connectivity index (χ4v) is 3.69. The molecule has 1 fully saturated rings. The molecule has 182 valence electrons. The van der Waals surface area contributed by atoms with Crippen LogP contribution in [0.25, 0.3) is 5.69 Å². The summed E-state index contributed by atoms with van der Waals surface area (Å²) in [5, 5.41) is 14.1. The van der Waals surface area contributed by atoms with Crippen LogP contribution in [0, 0.1) is 5.92 Å². The number of nitrogens with zero attached hydrogens (tertiary/aromatic N) is 3. The molecule has 3 aromatic rings. The summed E-state index contributed by atoms with van der Waals surface area (Å²) in [6.07, 6.45) is -3.42. The molecule has 0 spiro atoms. The molecule has 1 aliphatic heterocycles. The fraction of sp³-hybridized carbons (Fsp3) is 0.217. The van der Waals surface area contributed by atoms with Crippen molar-refractivity contribution in [1.29, 1.82) is 0 Å². The molecule has 9 nitrogen and oxygen atoms in total. The molecule has 1 aliphatic rings. The van der Waals surface area contributed by atoms with E-state index in [1.165, 1.54) is 27.9 Å².